The number of carbonyl (C=O) groups is 5. The number of aliphatic hydroxyl groups excluding tert-OH is 1. The van der Waals surface area contributed by atoms with E-state index in [1.165, 1.54) is 38.5 Å². The normalized spacial score (nSPS) is 13.4. The van der Waals surface area contributed by atoms with Gasteiger partial charge in [-0.1, -0.05) is 170 Å². The molecule has 0 fully saturated rings. The van der Waals surface area contributed by atoms with E-state index in [1.807, 2.05) is 0 Å². The van der Waals surface area contributed by atoms with Crippen molar-refractivity contribution in [1.82, 2.24) is 15.1 Å². The Hall–Kier alpha value is -3.48. The van der Waals surface area contributed by atoms with Gasteiger partial charge in [-0.05, 0) is 31.7 Å². The Kier molecular flexibility index (Phi) is 33.6. The van der Waals surface area contributed by atoms with E-state index >= 15 is 0 Å². The maximum absolute atomic E-state index is 13.8. The number of hydrogen-bond acceptors (Lipinski definition) is 11. The zero-order chi connectivity index (χ0) is 46.6. The van der Waals surface area contributed by atoms with Crippen molar-refractivity contribution in [2.75, 3.05) is 26.4 Å². The van der Waals surface area contributed by atoms with E-state index in [1.54, 1.807) is 37.0 Å². The SMILES string of the molecule is CCCCCCCCC(CCCCCC)C(=O)OCC(COC(=O)CCNC(=O)[C@H](O)C(C)(C)COC(=O)CCn1cccn1)OC(=O)C(CCCCCC)CCCCCCCC. The molecule has 3 unspecified atom stereocenters. The second-order valence-corrected chi connectivity index (χ2v) is 18.2. The third-order valence-corrected chi connectivity index (χ3v) is 11.7. The van der Waals surface area contributed by atoms with Gasteiger partial charge in [-0.15, -0.1) is 0 Å². The number of nitrogens with zero attached hydrogens (tertiary/aromatic N) is 2. The van der Waals surface area contributed by atoms with E-state index in [2.05, 4.69) is 38.1 Å². The first-order valence-electron chi connectivity index (χ1n) is 25.0. The van der Waals surface area contributed by atoms with E-state index in [4.69, 9.17) is 18.9 Å². The molecule has 0 aliphatic rings. The topological polar surface area (TPSA) is 172 Å². The predicted octanol–water partition coefficient (Wildman–Crippen LogP) is 10.4. The Labute approximate surface area is 381 Å². The molecule has 63 heavy (non-hydrogen) atoms. The zero-order valence-corrected chi connectivity index (χ0v) is 40.5. The van der Waals surface area contributed by atoms with Crippen LogP contribution in [-0.2, 0) is 49.5 Å². The fraction of sp³-hybridized carbons (Fsp3) is 0.840. The summed E-state index contributed by atoms with van der Waals surface area (Å²) < 4.78 is 24.4. The Morgan fingerprint density at radius 1 is 0.619 bits per heavy atom. The lowest BCUT2D eigenvalue weighted by atomic mass is 9.87. The van der Waals surface area contributed by atoms with Crippen LogP contribution in [0.1, 0.15) is 208 Å². The van der Waals surface area contributed by atoms with Crippen LogP contribution >= 0.6 is 0 Å². The van der Waals surface area contributed by atoms with E-state index in [-0.39, 0.29) is 63.0 Å². The monoisotopic (exact) mass is 892 g/mol. The highest BCUT2D eigenvalue weighted by Gasteiger charge is 2.35. The molecular weight excluding hydrogens is 803 g/mol. The number of esters is 4. The number of nitrogens with one attached hydrogen (secondary N) is 1. The standard InChI is InChI=1S/C50H89N3O10/c1-7-11-15-19-21-25-29-41(28-23-17-13-9-3)48(58)61-39-43(63-49(59)42(30-24-18-14-10-4)31-26-22-20-16-12-8-2)38-60-44(54)32-35-51-47(57)46(56)50(5,6)40-62-45(55)33-37-53-36-27-34-52-53/h27,34,36,41-43,46,56H,7-26,28-33,35,37-40H2,1-6H3,(H,51,57)/t41?,42?,43?,46-/m0/s1. The molecule has 1 aromatic rings. The minimum atomic E-state index is -1.52. The molecule has 13 nitrogen and oxygen atoms in total. The molecule has 2 N–H and O–H groups in total. The number of amides is 1. The number of carbonyl (C=O) groups excluding carboxylic acids is 5. The smallest absolute Gasteiger partial charge is 0.309 e. The average Bonchev–Trinajstić information content (AvgIpc) is 3.80. The molecule has 1 amide bonds. The van der Waals surface area contributed by atoms with Crippen LogP contribution in [0.25, 0.3) is 0 Å². The van der Waals surface area contributed by atoms with Crippen LogP contribution in [0.2, 0.25) is 0 Å². The summed E-state index contributed by atoms with van der Waals surface area (Å²) in [6.07, 6.45) is 25.5. The molecule has 1 aromatic heterocycles. The van der Waals surface area contributed by atoms with Gasteiger partial charge in [0, 0.05) is 24.4 Å². The molecule has 0 bridgehead atoms. The summed E-state index contributed by atoms with van der Waals surface area (Å²) in [7, 11) is 0. The molecule has 0 radical (unpaired) electrons. The summed E-state index contributed by atoms with van der Waals surface area (Å²) >= 11 is 0. The molecule has 0 aliphatic carbocycles. The highest BCUT2D eigenvalue weighted by atomic mass is 16.6. The van der Waals surface area contributed by atoms with E-state index in [0.717, 1.165) is 116 Å². The number of hydrogen-bond donors (Lipinski definition) is 2. The van der Waals surface area contributed by atoms with Crippen LogP contribution in [0.3, 0.4) is 0 Å². The summed E-state index contributed by atoms with van der Waals surface area (Å²) in [5.41, 5.74) is -1.10. The van der Waals surface area contributed by atoms with Gasteiger partial charge in [-0.25, -0.2) is 0 Å². The van der Waals surface area contributed by atoms with Crippen molar-refractivity contribution < 1.29 is 48.0 Å². The molecule has 1 heterocycles. The minimum Gasteiger partial charge on any atom is -0.465 e. The van der Waals surface area contributed by atoms with Gasteiger partial charge in [0.2, 0.25) is 5.91 Å². The quantitative estimate of drug-likeness (QED) is 0.0364. The van der Waals surface area contributed by atoms with Crippen molar-refractivity contribution in [3.63, 3.8) is 0 Å². The van der Waals surface area contributed by atoms with Crippen LogP contribution in [-0.4, -0.2) is 83.2 Å². The van der Waals surface area contributed by atoms with Crippen molar-refractivity contribution in [2.45, 2.75) is 227 Å². The van der Waals surface area contributed by atoms with Gasteiger partial charge in [0.15, 0.2) is 6.10 Å². The van der Waals surface area contributed by atoms with Crippen molar-refractivity contribution >= 4 is 29.8 Å². The van der Waals surface area contributed by atoms with Crippen LogP contribution in [0.4, 0.5) is 0 Å². The zero-order valence-electron chi connectivity index (χ0n) is 40.5. The second-order valence-electron chi connectivity index (χ2n) is 18.2. The summed E-state index contributed by atoms with van der Waals surface area (Å²) in [5.74, 6) is -3.05. The van der Waals surface area contributed by atoms with Crippen molar-refractivity contribution in [3.8, 4) is 0 Å². The first kappa shape index (κ1) is 57.5. The minimum absolute atomic E-state index is 0.0857. The van der Waals surface area contributed by atoms with Crippen LogP contribution in [0, 0.1) is 17.3 Å². The number of aryl methyl sites for hydroxylation is 1. The van der Waals surface area contributed by atoms with Crippen LogP contribution in [0.5, 0.6) is 0 Å². The Morgan fingerprint density at radius 3 is 1.59 bits per heavy atom. The molecule has 1 rings (SSSR count). The van der Waals surface area contributed by atoms with Gasteiger partial charge in [-0.2, -0.15) is 5.10 Å². The highest BCUT2D eigenvalue weighted by molar-refractivity contribution is 5.82. The molecule has 0 aromatic carbocycles. The Balaban J connectivity index is 2.92. The van der Waals surface area contributed by atoms with Crippen LogP contribution in [0.15, 0.2) is 18.5 Å². The third kappa shape index (κ3) is 28.8. The number of aliphatic hydroxyl groups is 1. The number of aromatic nitrogens is 2. The third-order valence-electron chi connectivity index (χ3n) is 11.7. The summed E-state index contributed by atoms with van der Waals surface area (Å²) in [6.45, 7) is 11.4. The largest absolute Gasteiger partial charge is 0.465 e. The average molecular weight is 892 g/mol. The number of ether oxygens (including phenoxy) is 4. The molecular formula is C50H89N3O10. The first-order valence-corrected chi connectivity index (χ1v) is 25.0. The summed E-state index contributed by atoms with van der Waals surface area (Å²) in [4.78, 5) is 65.5. The van der Waals surface area contributed by atoms with Gasteiger partial charge in [-0.3, -0.25) is 28.7 Å². The molecule has 0 spiro atoms. The molecule has 0 aliphatic heterocycles. The summed E-state index contributed by atoms with van der Waals surface area (Å²) in [5, 5.41) is 17.4. The van der Waals surface area contributed by atoms with Gasteiger partial charge >= 0.3 is 23.9 Å². The maximum atomic E-state index is 13.8. The lowest BCUT2D eigenvalue weighted by Crippen LogP contribution is -2.46. The number of unbranched alkanes of at least 4 members (excludes halogenated alkanes) is 16. The van der Waals surface area contributed by atoms with Crippen molar-refractivity contribution in [2.24, 2.45) is 17.3 Å². The number of rotatable bonds is 41. The molecule has 0 saturated heterocycles. The molecule has 4 atom stereocenters. The predicted molar refractivity (Wildman–Crippen MR) is 247 cm³/mol. The molecule has 0 saturated carbocycles. The van der Waals surface area contributed by atoms with E-state index < -0.39 is 35.5 Å². The maximum Gasteiger partial charge on any atom is 0.309 e. The first-order chi connectivity index (χ1) is 30.4. The van der Waals surface area contributed by atoms with Crippen LogP contribution < -0.4 is 5.32 Å². The lowest BCUT2D eigenvalue weighted by Gasteiger charge is -2.29. The highest BCUT2D eigenvalue weighted by Crippen LogP contribution is 2.24. The van der Waals surface area contributed by atoms with E-state index in [0.29, 0.717) is 6.54 Å². The van der Waals surface area contributed by atoms with Crippen molar-refractivity contribution in [1.29, 1.82) is 0 Å². The Bertz CT molecular complexity index is 1340. The van der Waals surface area contributed by atoms with Gasteiger partial charge < -0.3 is 29.4 Å². The molecule has 364 valence electrons. The summed E-state index contributed by atoms with van der Waals surface area (Å²) in [6, 6.07) is 1.75. The second kappa shape index (κ2) is 36.8. The van der Waals surface area contributed by atoms with E-state index in [9.17, 15) is 29.1 Å². The van der Waals surface area contributed by atoms with Crippen molar-refractivity contribution in [3.05, 3.63) is 18.5 Å². The van der Waals surface area contributed by atoms with Gasteiger partial charge in [0.1, 0.15) is 19.3 Å². The van der Waals surface area contributed by atoms with Gasteiger partial charge in [0.25, 0.3) is 0 Å². The fourth-order valence-corrected chi connectivity index (χ4v) is 7.46. The lowest BCUT2D eigenvalue weighted by molar-refractivity contribution is -0.171. The van der Waals surface area contributed by atoms with Gasteiger partial charge in [0.05, 0.1) is 37.8 Å². The fourth-order valence-electron chi connectivity index (χ4n) is 7.46. The Morgan fingerprint density at radius 2 is 1.08 bits per heavy atom. The molecule has 13 heteroatoms.